The Morgan fingerprint density at radius 3 is 2.35 bits per heavy atom. The Hall–Kier alpha value is -2.98. The molecule has 0 saturated carbocycles. The monoisotopic (exact) mass is 630 g/mol. The maximum atomic E-state index is 13.5. The number of rotatable bonds is 1. The maximum absolute atomic E-state index is 13.5. The first kappa shape index (κ1) is 25.7. The molecule has 1 aromatic heterocycles. The van der Waals surface area contributed by atoms with E-state index >= 15 is 0 Å². The molecule has 0 fully saturated rings. The Labute approximate surface area is 228 Å². The summed E-state index contributed by atoms with van der Waals surface area (Å²) in [5.74, 6) is -3.39. The Kier molecular flexibility index (Phi) is 6.97. The molecule has 2 aliphatic rings. The number of fused-ring (bicyclic) bond motifs is 4. The minimum Gasteiger partial charge on any atom is -0.355 e. The Morgan fingerprint density at radius 1 is 0.919 bits per heavy atom. The second-order valence-electron chi connectivity index (χ2n) is 8.36. The summed E-state index contributed by atoms with van der Waals surface area (Å²) < 4.78 is 47.1. The molecular formula is C28H19Br2F3N2O2. The van der Waals surface area contributed by atoms with Crippen LogP contribution < -0.4 is 4.90 Å². The van der Waals surface area contributed by atoms with E-state index in [9.17, 15) is 18.3 Å². The van der Waals surface area contributed by atoms with Crippen molar-refractivity contribution < 1.29 is 23.0 Å². The van der Waals surface area contributed by atoms with E-state index in [1.54, 1.807) is 53.4 Å². The van der Waals surface area contributed by atoms with Crippen LogP contribution >= 0.6 is 31.9 Å². The predicted octanol–water partition coefficient (Wildman–Crippen LogP) is 7.89. The summed E-state index contributed by atoms with van der Waals surface area (Å²) in [5.41, 5.74) is 3.33. The first-order chi connectivity index (χ1) is 17.7. The quantitative estimate of drug-likeness (QED) is 0.232. The number of ether oxygens (including phenoxy) is 1. The van der Waals surface area contributed by atoms with Gasteiger partial charge in [0.15, 0.2) is 6.23 Å². The summed E-state index contributed by atoms with van der Waals surface area (Å²) in [4.78, 5) is 5.88. The molecule has 3 heterocycles. The second kappa shape index (κ2) is 10.1. The smallest absolute Gasteiger partial charge is 0.355 e. The van der Waals surface area contributed by atoms with Gasteiger partial charge in [-0.05, 0) is 51.3 Å². The van der Waals surface area contributed by atoms with Crippen LogP contribution in [0.3, 0.4) is 0 Å². The van der Waals surface area contributed by atoms with Gasteiger partial charge in [-0.15, -0.1) is 0 Å². The molecule has 6 rings (SSSR count). The molecule has 4 aromatic rings. The lowest BCUT2D eigenvalue weighted by Crippen LogP contribution is -2.56. The highest BCUT2D eigenvalue weighted by Gasteiger charge is 2.59. The normalized spacial score (nSPS) is 20.7. The third-order valence-corrected chi connectivity index (χ3v) is 6.93. The topological polar surface area (TPSA) is 45.6 Å². The van der Waals surface area contributed by atoms with Gasteiger partial charge in [0.25, 0.3) is 5.79 Å². The zero-order valence-electron chi connectivity index (χ0n) is 19.0. The zero-order chi connectivity index (χ0) is 26.2. The average Bonchev–Trinajstić information content (AvgIpc) is 2.89. The maximum Gasteiger partial charge on any atom is 0.447 e. The molecule has 0 amide bonds. The van der Waals surface area contributed by atoms with Crippen LogP contribution in [0.5, 0.6) is 0 Å². The number of aromatic nitrogens is 1. The van der Waals surface area contributed by atoms with Gasteiger partial charge in [0.2, 0.25) is 0 Å². The third kappa shape index (κ3) is 5.09. The van der Waals surface area contributed by atoms with E-state index < -0.39 is 18.2 Å². The minimum atomic E-state index is -4.98. The molecule has 1 N–H and O–H groups in total. The molecule has 0 aliphatic carbocycles. The lowest BCUT2D eigenvalue weighted by molar-refractivity contribution is -0.350. The fraction of sp³-hybridized carbons (Fsp3) is 0.107. The number of benzene rings is 3. The van der Waals surface area contributed by atoms with E-state index in [0.717, 1.165) is 21.6 Å². The van der Waals surface area contributed by atoms with Gasteiger partial charge in [-0.3, -0.25) is 4.98 Å². The van der Waals surface area contributed by atoms with Crippen LogP contribution in [-0.4, -0.2) is 28.3 Å². The lowest BCUT2D eigenvalue weighted by atomic mass is 9.99. The molecule has 37 heavy (non-hydrogen) atoms. The van der Waals surface area contributed by atoms with Crippen LogP contribution in [0.2, 0.25) is 0 Å². The molecule has 3 aromatic carbocycles. The molecule has 4 nitrogen and oxygen atoms in total. The van der Waals surface area contributed by atoms with Gasteiger partial charge in [-0.2, -0.15) is 13.2 Å². The summed E-state index contributed by atoms with van der Waals surface area (Å²) in [7, 11) is 0. The van der Waals surface area contributed by atoms with E-state index in [1.807, 2.05) is 42.6 Å². The zero-order valence-corrected chi connectivity index (χ0v) is 22.2. The van der Waals surface area contributed by atoms with Crippen molar-refractivity contribution in [2.45, 2.75) is 18.2 Å². The van der Waals surface area contributed by atoms with Crippen LogP contribution in [-0.2, 0) is 4.74 Å². The summed E-state index contributed by atoms with van der Waals surface area (Å²) in [5, 5.41) is 11.4. The van der Waals surface area contributed by atoms with Gasteiger partial charge >= 0.3 is 6.18 Å². The average molecular weight is 632 g/mol. The van der Waals surface area contributed by atoms with Crippen molar-refractivity contribution in [2.24, 2.45) is 0 Å². The molecule has 2 atom stereocenters. The van der Waals surface area contributed by atoms with Gasteiger partial charge in [0.1, 0.15) is 0 Å². The van der Waals surface area contributed by atoms with Crippen LogP contribution in [0.1, 0.15) is 11.1 Å². The summed E-state index contributed by atoms with van der Waals surface area (Å²) in [6.45, 7) is 0. The predicted molar refractivity (Wildman–Crippen MR) is 146 cm³/mol. The van der Waals surface area contributed by atoms with Gasteiger partial charge in [0, 0.05) is 26.6 Å². The molecule has 2 aliphatic heterocycles. The van der Waals surface area contributed by atoms with Gasteiger partial charge in [0.05, 0.1) is 16.9 Å². The molecule has 0 saturated heterocycles. The standard InChI is InChI=1S/C19H13BrF3NO2.C9H6BrN/c20-14-10-13-8-4-5-9-15(13)24-16(12-6-2-1-3-7-12)11-18(25,19(21,22)23)26-17(14)24;10-8-5-7-3-1-2-4-9(7)11-6-8/h1-11,17,25H;1-6H/t17-,18-;/m1./s1. The highest BCUT2D eigenvalue weighted by molar-refractivity contribution is 9.12. The number of nitrogens with zero attached hydrogens (tertiary/aromatic N) is 2. The minimum absolute atomic E-state index is 0.221. The van der Waals surface area contributed by atoms with E-state index in [1.165, 1.54) is 5.39 Å². The number of hydrogen-bond donors (Lipinski definition) is 1. The highest BCUT2D eigenvalue weighted by Crippen LogP contribution is 2.48. The first-order valence-corrected chi connectivity index (χ1v) is 12.8. The molecule has 9 heteroatoms. The Morgan fingerprint density at radius 2 is 1.59 bits per heavy atom. The number of para-hydroxylation sites is 2. The van der Waals surface area contributed by atoms with Gasteiger partial charge in [-0.25, -0.2) is 0 Å². The molecule has 0 spiro atoms. The summed E-state index contributed by atoms with van der Waals surface area (Å²) in [6, 6.07) is 26.0. The van der Waals surface area contributed by atoms with Gasteiger partial charge < -0.3 is 14.7 Å². The number of halogens is 5. The second-order valence-corrected chi connectivity index (χ2v) is 10.2. The van der Waals surface area contributed by atoms with E-state index in [2.05, 4.69) is 42.9 Å². The molecule has 0 radical (unpaired) electrons. The van der Waals surface area contributed by atoms with Crippen molar-refractivity contribution in [1.29, 1.82) is 0 Å². The fourth-order valence-electron chi connectivity index (χ4n) is 4.15. The van der Waals surface area contributed by atoms with Crippen LogP contribution in [0, 0.1) is 0 Å². The molecular weight excluding hydrogens is 613 g/mol. The largest absolute Gasteiger partial charge is 0.447 e. The highest BCUT2D eigenvalue weighted by atomic mass is 79.9. The number of anilines is 1. The van der Waals surface area contributed by atoms with E-state index in [-0.39, 0.29) is 5.70 Å². The Balaban J connectivity index is 0.000000212. The van der Waals surface area contributed by atoms with Crippen molar-refractivity contribution in [1.82, 2.24) is 4.98 Å². The van der Waals surface area contributed by atoms with Crippen molar-refractivity contribution in [3.8, 4) is 0 Å². The molecule has 188 valence electrons. The van der Waals surface area contributed by atoms with Crippen molar-refractivity contribution in [2.75, 3.05) is 4.90 Å². The van der Waals surface area contributed by atoms with E-state index in [0.29, 0.717) is 15.7 Å². The van der Waals surface area contributed by atoms with E-state index in [4.69, 9.17) is 4.74 Å². The SMILES string of the molecule is Brc1cnc2ccccc2c1.O[C@]1(C(F)(F)F)C=C(c2ccccc2)N2c3ccccc3C=C(Br)[C@H]2O1. The summed E-state index contributed by atoms with van der Waals surface area (Å²) in [6.07, 6.45) is -1.90. The molecule has 0 bridgehead atoms. The third-order valence-electron chi connectivity index (χ3n) is 5.88. The number of pyridine rings is 1. The Bertz CT molecular complexity index is 1510. The fourth-order valence-corrected chi connectivity index (χ4v) is 5.04. The van der Waals surface area contributed by atoms with Crippen LogP contribution in [0.15, 0.2) is 106 Å². The summed E-state index contributed by atoms with van der Waals surface area (Å²) >= 11 is 6.68. The van der Waals surface area contributed by atoms with Crippen LogP contribution in [0.25, 0.3) is 22.7 Å². The van der Waals surface area contributed by atoms with Crippen LogP contribution in [0.4, 0.5) is 18.9 Å². The first-order valence-electron chi connectivity index (χ1n) is 11.2. The number of hydrogen-bond acceptors (Lipinski definition) is 4. The lowest BCUT2D eigenvalue weighted by Gasteiger charge is -2.46. The van der Waals surface area contributed by atoms with Gasteiger partial charge in [-0.1, -0.05) is 82.7 Å². The van der Waals surface area contributed by atoms with Crippen molar-refractivity contribution in [3.63, 3.8) is 0 Å². The van der Waals surface area contributed by atoms with Crippen molar-refractivity contribution in [3.05, 3.63) is 117 Å². The number of aliphatic hydroxyl groups is 1. The molecule has 0 unspecified atom stereocenters. The van der Waals surface area contributed by atoms with Crippen molar-refractivity contribution >= 4 is 60.2 Å². The number of alkyl halides is 3.